The molecular formula is C13H16N4O2. The Morgan fingerprint density at radius 2 is 2.21 bits per heavy atom. The second-order valence-electron chi connectivity index (χ2n) is 4.31. The molecule has 0 heterocycles. The summed E-state index contributed by atoms with van der Waals surface area (Å²) in [5, 5.41) is 12.3. The van der Waals surface area contributed by atoms with Gasteiger partial charge in [0.15, 0.2) is 0 Å². The molecule has 1 rings (SSSR count). The number of aliphatic carboxylic acids is 1. The molecule has 1 N–H and O–H groups in total. The van der Waals surface area contributed by atoms with E-state index in [0.29, 0.717) is 5.69 Å². The van der Waals surface area contributed by atoms with E-state index in [-0.39, 0.29) is 6.04 Å². The van der Waals surface area contributed by atoms with Gasteiger partial charge >= 0.3 is 5.97 Å². The Labute approximate surface area is 111 Å². The van der Waals surface area contributed by atoms with Crippen LogP contribution in [0.3, 0.4) is 0 Å². The van der Waals surface area contributed by atoms with Gasteiger partial charge in [0.05, 0.1) is 0 Å². The first-order valence-corrected chi connectivity index (χ1v) is 5.72. The molecular weight excluding hydrogens is 244 g/mol. The van der Waals surface area contributed by atoms with Gasteiger partial charge in [0.2, 0.25) is 0 Å². The number of benzene rings is 1. The van der Waals surface area contributed by atoms with E-state index in [9.17, 15) is 4.79 Å². The third kappa shape index (κ3) is 4.13. The van der Waals surface area contributed by atoms with Crippen molar-refractivity contribution in [2.75, 3.05) is 14.1 Å². The predicted octanol–water partition coefficient (Wildman–Crippen LogP) is 3.35. The van der Waals surface area contributed by atoms with Crippen LogP contribution in [0.25, 0.3) is 16.5 Å². The molecule has 0 aromatic heterocycles. The van der Waals surface area contributed by atoms with Crippen LogP contribution in [-0.2, 0) is 4.79 Å². The maximum absolute atomic E-state index is 10.6. The third-order valence-corrected chi connectivity index (χ3v) is 2.86. The summed E-state index contributed by atoms with van der Waals surface area (Å²) < 4.78 is 0. The Balaban J connectivity index is 3.29. The summed E-state index contributed by atoms with van der Waals surface area (Å²) in [6.07, 6.45) is 2.63. The SMILES string of the molecule is CC(c1cc(N=[N+]=[N-])ccc1/C=C/C(=O)O)N(C)C. The van der Waals surface area contributed by atoms with Crippen molar-refractivity contribution in [3.63, 3.8) is 0 Å². The van der Waals surface area contributed by atoms with Crippen LogP contribution >= 0.6 is 0 Å². The highest BCUT2D eigenvalue weighted by atomic mass is 16.4. The zero-order valence-electron chi connectivity index (χ0n) is 11.1. The number of rotatable bonds is 5. The average Bonchev–Trinajstić information content (AvgIpc) is 2.36. The van der Waals surface area contributed by atoms with Crippen LogP contribution in [-0.4, -0.2) is 30.1 Å². The molecule has 0 fully saturated rings. The van der Waals surface area contributed by atoms with Crippen molar-refractivity contribution in [1.29, 1.82) is 0 Å². The van der Waals surface area contributed by atoms with Crippen molar-refractivity contribution in [2.24, 2.45) is 5.11 Å². The molecule has 0 saturated heterocycles. The lowest BCUT2D eigenvalue weighted by Gasteiger charge is -2.22. The molecule has 19 heavy (non-hydrogen) atoms. The first-order valence-electron chi connectivity index (χ1n) is 5.72. The highest BCUT2D eigenvalue weighted by Gasteiger charge is 2.12. The van der Waals surface area contributed by atoms with Gasteiger partial charge in [-0.15, -0.1) is 0 Å². The molecule has 0 radical (unpaired) electrons. The summed E-state index contributed by atoms with van der Waals surface area (Å²) in [6.45, 7) is 1.99. The van der Waals surface area contributed by atoms with E-state index in [1.54, 1.807) is 18.2 Å². The molecule has 0 bridgehead atoms. The largest absolute Gasteiger partial charge is 0.478 e. The van der Waals surface area contributed by atoms with E-state index in [0.717, 1.165) is 17.2 Å². The zero-order valence-corrected chi connectivity index (χ0v) is 11.1. The lowest BCUT2D eigenvalue weighted by Crippen LogP contribution is -2.17. The highest BCUT2D eigenvalue weighted by molar-refractivity contribution is 5.85. The first-order chi connectivity index (χ1) is 8.95. The maximum atomic E-state index is 10.6. The van der Waals surface area contributed by atoms with Gasteiger partial charge in [-0.05, 0) is 49.8 Å². The minimum Gasteiger partial charge on any atom is -0.478 e. The second kappa shape index (κ2) is 6.58. The van der Waals surface area contributed by atoms with E-state index in [1.807, 2.05) is 25.9 Å². The number of hydrogen-bond donors (Lipinski definition) is 1. The van der Waals surface area contributed by atoms with Gasteiger partial charge in [-0.25, -0.2) is 4.79 Å². The van der Waals surface area contributed by atoms with Gasteiger partial charge in [-0.1, -0.05) is 17.2 Å². The molecule has 100 valence electrons. The minimum atomic E-state index is -0.998. The monoisotopic (exact) mass is 260 g/mol. The highest BCUT2D eigenvalue weighted by Crippen LogP contribution is 2.27. The molecule has 6 heteroatoms. The van der Waals surface area contributed by atoms with Crippen molar-refractivity contribution in [3.05, 3.63) is 45.8 Å². The fourth-order valence-electron chi connectivity index (χ4n) is 1.63. The molecule has 1 aromatic carbocycles. The fourth-order valence-corrected chi connectivity index (χ4v) is 1.63. The summed E-state index contributed by atoms with van der Waals surface area (Å²) in [4.78, 5) is 15.3. The number of hydrogen-bond acceptors (Lipinski definition) is 3. The minimum absolute atomic E-state index is 0.0716. The molecule has 0 spiro atoms. The lowest BCUT2D eigenvalue weighted by atomic mass is 9.99. The van der Waals surface area contributed by atoms with E-state index in [2.05, 4.69) is 10.0 Å². The Hall–Kier alpha value is -2.30. The van der Waals surface area contributed by atoms with Gasteiger partial charge in [0, 0.05) is 22.7 Å². The standard InChI is InChI=1S/C13H16N4O2/c1-9(17(2)3)12-8-11(15-16-14)6-4-10(12)5-7-13(18)19/h4-9H,1-3H3,(H,18,19)/b7-5+. The van der Waals surface area contributed by atoms with E-state index < -0.39 is 5.97 Å². The van der Waals surface area contributed by atoms with Crippen LogP contribution in [0, 0.1) is 0 Å². The smallest absolute Gasteiger partial charge is 0.328 e. The van der Waals surface area contributed by atoms with Crippen LogP contribution in [0.1, 0.15) is 24.1 Å². The fraction of sp³-hybridized carbons (Fsp3) is 0.308. The summed E-state index contributed by atoms with van der Waals surface area (Å²) >= 11 is 0. The predicted molar refractivity (Wildman–Crippen MR) is 74.0 cm³/mol. The number of azide groups is 1. The van der Waals surface area contributed by atoms with Crippen LogP contribution in [0.15, 0.2) is 29.4 Å². The normalized spacial score (nSPS) is 12.4. The Morgan fingerprint density at radius 1 is 1.53 bits per heavy atom. The molecule has 0 amide bonds. The summed E-state index contributed by atoms with van der Waals surface area (Å²) in [5.74, 6) is -0.998. The summed E-state index contributed by atoms with van der Waals surface area (Å²) in [7, 11) is 3.85. The lowest BCUT2D eigenvalue weighted by molar-refractivity contribution is -0.131. The Morgan fingerprint density at radius 3 is 2.74 bits per heavy atom. The average molecular weight is 260 g/mol. The number of nitrogens with zero attached hydrogens (tertiary/aromatic N) is 4. The molecule has 0 aliphatic rings. The van der Waals surface area contributed by atoms with Gasteiger partial charge in [-0.2, -0.15) is 0 Å². The van der Waals surface area contributed by atoms with Crippen LogP contribution in [0.5, 0.6) is 0 Å². The van der Waals surface area contributed by atoms with Crippen LogP contribution in [0.2, 0.25) is 0 Å². The van der Waals surface area contributed by atoms with Gasteiger partial charge in [0.1, 0.15) is 0 Å². The van der Waals surface area contributed by atoms with E-state index in [4.69, 9.17) is 10.6 Å². The number of carboxylic acid groups (broad SMARTS) is 1. The molecule has 0 aliphatic carbocycles. The van der Waals surface area contributed by atoms with E-state index in [1.165, 1.54) is 6.08 Å². The second-order valence-corrected chi connectivity index (χ2v) is 4.31. The number of carbonyl (C=O) groups is 1. The first kappa shape index (κ1) is 14.8. The maximum Gasteiger partial charge on any atom is 0.328 e. The zero-order chi connectivity index (χ0) is 14.4. The van der Waals surface area contributed by atoms with Crippen molar-refractivity contribution in [3.8, 4) is 0 Å². The molecule has 1 aromatic rings. The van der Waals surface area contributed by atoms with Crippen LogP contribution in [0.4, 0.5) is 5.69 Å². The quantitative estimate of drug-likeness (QED) is 0.381. The third-order valence-electron chi connectivity index (χ3n) is 2.86. The van der Waals surface area contributed by atoms with E-state index >= 15 is 0 Å². The molecule has 0 saturated carbocycles. The topological polar surface area (TPSA) is 89.3 Å². The van der Waals surface area contributed by atoms with Crippen molar-refractivity contribution in [2.45, 2.75) is 13.0 Å². The van der Waals surface area contributed by atoms with Crippen molar-refractivity contribution < 1.29 is 9.90 Å². The molecule has 0 aliphatic heterocycles. The summed E-state index contributed by atoms with van der Waals surface area (Å²) in [6, 6.07) is 5.25. The van der Waals surface area contributed by atoms with Gasteiger partial charge in [-0.3, -0.25) is 0 Å². The van der Waals surface area contributed by atoms with Gasteiger partial charge < -0.3 is 10.0 Å². The summed E-state index contributed by atoms with van der Waals surface area (Å²) in [5.41, 5.74) is 10.7. The molecule has 6 nitrogen and oxygen atoms in total. The van der Waals surface area contributed by atoms with Crippen LogP contribution < -0.4 is 0 Å². The number of carboxylic acids is 1. The van der Waals surface area contributed by atoms with Gasteiger partial charge in [0.25, 0.3) is 0 Å². The van der Waals surface area contributed by atoms with Crippen molar-refractivity contribution in [1.82, 2.24) is 4.90 Å². The molecule has 1 unspecified atom stereocenters. The van der Waals surface area contributed by atoms with Crippen molar-refractivity contribution >= 4 is 17.7 Å². The molecule has 1 atom stereocenters. The Bertz CT molecular complexity index is 546. The Kier molecular flexibility index (Phi) is 5.11.